The number of hydrogen-bond acceptors (Lipinski definition) is 8. The molecule has 0 radical (unpaired) electrons. The summed E-state index contributed by atoms with van der Waals surface area (Å²) >= 11 is 5.96. The molecule has 0 aliphatic carbocycles. The Hall–Kier alpha value is -4.49. The van der Waals surface area contributed by atoms with Gasteiger partial charge in [-0.2, -0.15) is 10.2 Å². The van der Waals surface area contributed by atoms with Crippen LogP contribution in [0.5, 0.6) is 11.6 Å². The van der Waals surface area contributed by atoms with Gasteiger partial charge in [0.05, 0.1) is 6.54 Å². The first-order valence-electron chi connectivity index (χ1n) is 10.2. The summed E-state index contributed by atoms with van der Waals surface area (Å²) in [7, 11) is 0. The van der Waals surface area contributed by atoms with Gasteiger partial charge >= 0.3 is 11.4 Å². The largest absolute Gasteiger partial charge is 0.438 e. The fourth-order valence-corrected chi connectivity index (χ4v) is 3.23. The second-order valence-corrected chi connectivity index (χ2v) is 7.51. The Morgan fingerprint density at radius 1 is 1.00 bits per heavy atom. The van der Waals surface area contributed by atoms with Gasteiger partial charge in [0.15, 0.2) is 5.69 Å². The lowest BCUT2D eigenvalue weighted by atomic mass is 10.2. The van der Waals surface area contributed by atoms with E-state index < -0.39 is 11.4 Å². The second kappa shape index (κ2) is 9.97. The topological polar surface area (TPSA) is 128 Å². The van der Waals surface area contributed by atoms with Crippen LogP contribution in [0.1, 0.15) is 18.2 Å². The van der Waals surface area contributed by atoms with E-state index >= 15 is 0 Å². The molecule has 0 amide bonds. The second-order valence-electron chi connectivity index (χ2n) is 7.08. The third-order valence-corrected chi connectivity index (χ3v) is 5.06. The van der Waals surface area contributed by atoms with Crippen molar-refractivity contribution in [3.63, 3.8) is 0 Å². The molecule has 0 unspecified atom stereocenters. The van der Waals surface area contributed by atoms with Crippen LogP contribution < -0.4 is 21.4 Å². The van der Waals surface area contributed by atoms with Crippen molar-refractivity contribution < 1.29 is 4.74 Å². The van der Waals surface area contributed by atoms with Crippen molar-refractivity contribution >= 4 is 23.2 Å². The summed E-state index contributed by atoms with van der Waals surface area (Å²) in [5.74, 6) is 0.833. The average molecular weight is 476 g/mol. The molecule has 0 aliphatic rings. The van der Waals surface area contributed by atoms with Crippen molar-refractivity contribution in [2.24, 2.45) is 0 Å². The van der Waals surface area contributed by atoms with E-state index in [0.29, 0.717) is 16.5 Å². The van der Waals surface area contributed by atoms with Crippen molar-refractivity contribution in [3.05, 3.63) is 97.9 Å². The smallest absolute Gasteiger partial charge is 0.354 e. The molecule has 170 valence electrons. The molecular weight excluding hydrogens is 458 g/mol. The van der Waals surface area contributed by atoms with Crippen molar-refractivity contribution in [2.45, 2.75) is 20.0 Å². The standard InChI is InChI=1S/C23H18ClN7O3/c1-2-30-22(32)27-21(31(23(30)33)14-15-3-5-16(24)6-4-15)26-17-7-10-19(11-8-17)34-20-12-9-18(13-25)28-29-20/h3-12H,2,14H2,1H3,(H,26,27,32). The number of ether oxygens (including phenoxy) is 1. The van der Waals surface area contributed by atoms with Gasteiger partial charge in [0.1, 0.15) is 11.8 Å². The van der Waals surface area contributed by atoms with Gasteiger partial charge in [-0.3, -0.25) is 4.57 Å². The van der Waals surface area contributed by atoms with E-state index in [1.54, 1.807) is 61.5 Å². The lowest BCUT2D eigenvalue weighted by molar-refractivity contribution is 0.455. The van der Waals surface area contributed by atoms with Gasteiger partial charge in [-0.1, -0.05) is 23.7 Å². The third-order valence-electron chi connectivity index (χ3n) is 4.81. The highest BCUT2D eigenvalue weighted by Gasteiger charge is 2.13. The molecule has 0 fully saturated rings. The fourth-order valence-electron chi connectivity index (χ4n) is 3.10. The number of halogens is 1. The molecule has 2 aromatic heterocycles. The van der Waals surface area contributed by atoms with Gasteiger partial charge in [-0.15, -0.1) is 10.2 Å². The minimum Gasteiger partial charge on any atom is -0.438 e. The molecule has 0 saturated carbocycles. The maximum absolute atomic E-state index is 13.0. The van der Waals surface area contributed by atoms with Gasteiger partial charge in [0.25, 0.3) is 0 Å². The predicted octanol–water partition coefficient (Wildman–Crippen LogP) is 3.32. The molecule has 10 nitrogen and oxygen atoms in total. The molecule has 34 heavy (non-hydrogen) atoms. The summed E-state index contributed by atoms with van der Waals surface area (Å²) in [5, 5.41) is 20.0. The molecule has 0 bridgehead atoms. The summed E-state index contributed by atoms with van der Waals surface area (Å²) in [5.41, 5.74) is 0.489. The molecule has 11 heteroatoms. The summed E-state index contributed by atoms with van der Waals surface area (Å²) in [6.45, 7) is 2.11. The zero-order chi connectivity index (χ0) is 24.1. The summed E-state index contributed by atoms with van der Waals surface area (Å²) < 4.78 is 8.08. The number of benzene rings is 2. The molecule has 1 N–H and O–H groups in total. The van der Waals surface area contributed by atoms with E-state index in [1.165, 1.54) is 10.6 Å². The molecule has 4 aromatic rings. The Balaban J connectivity index is 1.59. The van der Waals surface area contributed by atoms with E-state index in [9.17, 15) is 9.59 Å². The van der Waals surface area contributed by atoms with Crippen LogP contribution in [-0.4, -0.2) is 24.3 Å². The summed E-state index contributed by atoms with van der Waals surface area (Å²) in [4.78, 5) is 29.4. The van der Waals surface area contributed by atoms with Crippen molar-refractivity contribution in [1.29, 1.82) is 5.26 Å². The van der Waals surface area contributed by atoms with Gasteiger partial charge in [-0.05, 0) is 55.0 Å². The first kappa shape index (κ1) is 22.7. The number of nitrogens with one attached hydrogen (secondary N) is 1. The van der Waals surface area contributed by atoms with Crippen LogP contribution in [0.15, 0.2) is 70.3 Å². The predicted molar refractivity (Wildman–Crippen MR) is 126 cm³/mol. The molecule has 0 atom stereocenters. The molecule has 0 spiro atoms. The maximum atomic E-state index is 13.0. The minimum atomic E-state index is -0.637. The maximum Gasteiger partial charge on any atom is 0.354 e. The number of nitrogens with zero attached hydrogens (tertiary/aromatic N) is 6. The molecule has 0 saturated heterocycles. The zero-order valence-electron chi connectivity index (χ0n) is 18.0. The molecule has 4 rings (SSSR count). The Morgan fingerprint density at radius 3 is 2.35 bits per heavy atom. The van der Waals surface area contributed by atoms with E-state index in [1.807, 2.05) is 6.07 Å². The highest BCUT2D eigenvalue weighted by atomic mass is 35.5. The third kappa shape index (κ3) is 5.11. The normalized spacial score (nSPS) is 10.5. The molecule has 0 aliphatic heterocycles. The number of nitriles is 1. The highest BCUT2D eigenvalue weighted by Crippen LogP contribution is 2.22. The number of rotatable bonds is 7. The van der Waals surface area contributed by atoms with E-state index in [2.05, 4.69) is 20.5 Å². The van der Waals surface area contributed by atoms with Crippen molar-refractivity contribution in [2.75, 3.05) is 5.32 Å². The van der Waals surface area contributed by atoms with E-state index in [0.717, 1.165) is 10.1 Å². The number of aromatic nitrogens is 5. The SMILES string of the molecule is CCn1c(=O)nc(Nc2ccc(Oc3ccc(C#N)nn3)cc2)n(Cc2ccc(Cl)cc2)c1=O. The van der Waals surface area contributed by atoms with Crippen LogP contribution in [-0.2, 0) is 13.1 Å². The van der Waals surface area contributed by atoms with Crippen molar-refractivity contribution in [3.8, 4) is 17.7 Å². The van der Waals surface area contributed by atoms with Gasteiger partial charge in [-0.25, -0.2) is 14.2 Å². The Labute approximate surface area is 198 Å². The van der Waals surface area contributed by atoms with E-state index in [-0.39, 0.29) is 30.6 Å². The van der Waals surface area contributed by atoms with Crippen LogP contribution in [0.3, 0.4) is 0 Å². The van der Waals surface area contributed by atoms with Gasteiger partial charge in [0.2, 0.25) is 11.8 Å². The lowest BCUT2D eigenvalue weighted by Gasteiger charge is -2.15. The lowest BCUT2D eigenvalue weighted by Crippen LogP contribution is -2.42. The van der Waals surface area contributed by atoms with Crippen LogP contribution in [0.2, 0.25) is 5.02 Å². The minimum absolute atomic E-state index is 0.112. The first-order valence-corrected chi connectivity index (χ1v) is 10.6. The first-order chi connectivity index (χ1) is 16.5. The van der Waals surface area contributed by atoms with Gasteiger partial charge < -0.3 is 10.1 Å². The number of anilines is 2. The number of hydrogen-bond donors (Lipinski definition) is 1. The van der Waals surface area contributed by atoms with Crippen LogP contribution in [0, 0.1) is 11.3 Å². The fraction of sp³-hybridized carbons (Fsp3) is 0.130. The van der Waals surface area contributed by atoms with Crippen LogP contribution >= 0.6 is 11.6 Å². The Kier molecular flexibility index (Phi) is 6.66. The van der Waals surface area contributed by atoms with Gasteiger partial charge in [0, 0.05) is 23.3 Å². The van der Waals surface area contributed by atoms with Crippen LogP contribution in [0.4, 0.5) is 11.6 Å². The monoisotopic (exact) mass is 475 g/mol. The molecule has 2 aromatic carbocycles. The summed E-state index contributed by atoms with van der Waals surface area (Å²) in [6.07, 6.45) is 0. The molecule has 2 heterocycles. The van der Waals surface area contributed by atoms with Crippen molar-refractivity contribution in [1.82, 2.24) is 24.3 Å². The Bertz CT molecular complexity index is 1460. The van der Waals surface area contributed by atoms with E-state index in [4.69, 9.17) is 21.6 Å². The highest BCUT2D eigenvalue weighted by molar-refractivity contribution is 6.30. The zero-order valence-corrected chi connectivity index (χ0v) is 18.7. The average Bonchev–Trinajstić information content (AvgIpc) is 2.84. The van der Waals surface area contributed by atoms with Crippen LogP contribution in [0.25, 0.3) is 0 Å². The Morgan fingerprint density at radius 2 is 1.74 bits per heavy atom. The quantitative estimate of drug-likeness (QED) is 0.431. The molecular formula is C23H18ClN7O3. The summed E-state index contributed by atoms with van der Waals surface area (Å²) in [6, 6.07) is 18.8.